The molecule has 0 bridgehead atoms. The second kappa shape index (κ2) is 6.78. The fourth-order valence-corrected chi connectivity index (χ4v) is 4.12. The second-order valence-electron chi connectivity index (χ2n) is 7.56. The Morgan fingerprint density at radius 3 is 2.68 bits per heavy atom. The van der Waals surface area contributed by atoms with Gasteiger partial charge in [0.1, 0.15) is 11.2 Å². The first-order valence-corrected chi connectivity index (χ1v) is 9.33. The zero-order valence-corrected chi connectivity index (χ0v) is 15.6. The molecule has 3 heterocycles. The lowest BCUT2D eigenvalue weighted by Crippen LogP contribution is -2.44. The number of pyridine rings is 1. The molecule has 10 heteroatoms. The molecule has 1 aliphatic carbocycles. The molecule has 1 saturated heterocycles. The monoisotopic (exact) mass is 393 g/mol. The van der Waals surface area contributed by atoms with Crippen molar-refractivity contribution in [2.24, 2.45) is 11.7 Å². The van der Waals surface area contributed by atoms with Crippen molar-refractivity contribution < 1.29 is 14.2 Å². The van der Waals surface area contributed by atoms with Crippen molar-refractivity contribution >= 4 is 11.2 Å². The molecule has 2 fully saturated rings. The molecule has 2 aliphatic rings. The van der Waals surface area contributed by atoms with E-state index in [0.29, 0.717) is 29.7 Å². The maximum Gasteiger partial charge on any atom is 0.354 e. The van der Waals surface area contributed by atoms with Gasteiger partial charge in [-0.15, -0.1) is 0 Å². The molecule has 4 rings (SSSR count). The molecule has 9 nitrogen and oxygen atoms in total. The highest BCUT2D eigenvalue weighted by Gasteiger charge is 2.36. The number of ether oxygens (including phenoxy) is 1. The molecule has 5 N–H and O–H groups in total. The number of aliphatic hydroxyl groups is 1. The highest BCUT2D eigenvalue weighted by molar-refractivity contribution is 5.78. The third kappa shape index (κ3) is 2.75. The Balaban J connectivity index is 1.95. The van der Waals surface area contributed by atoms with Crippen LogP contribution in [0.2, 0.25) is 0 Å². The molecule has 0 radical (unpaired) electrons. The third-order valence-electron chi connectivity index (χ3n) is 5.80. The van der Waals surface area contributed by atoms with E-state index in [9.17, 15) is 14.7 Å². The van der Waals surface area contributed by atoms with E-state index in [2.05, 4.69) is 0 Å². The molecule has 28 heavy (non-hydrogen) atoms. The van der Waals surface area contributed by atoms with E-state index in [1.165, 1.54) is 7.11 Å². The van der Waals surface area contributed by atoms with Gasteiger partial charge in [0, 0.05) is 19.1 Å². The molecular formula is C18H24FN5O4. The smallest absolute Gasteiger partial charge is 0.354 e. The first-order chi connectivity index (χ1) is 13.4. The number of nitrogens with zero attached hydrogens (tertiary/aromatic N) is 3. The van der Waals surface area contributed by atoms with Crippen molar-refractivity contribution in [2.45, 2.75) is 31.2 Å². The zero-order valence-electron chi connectivity index (χ0n) is 15.6. The van der Waals surface area contributed by atoms with Crippen LogP contribution in [0.4, 0.5) is 10.1 Å². The fraction of sp³-hybridized carbons (Fsp3) is 0.556. The minimum atomic E-state index is -0.824. The van der Waals surface area contributed by atoms with Gasteiger partial charge in [0.15, 0.2) is 11.6 Å². The summed E-state index contributed by atoms with van der Waals surface area (Å²) in [5.41, 5.74) is 5.39. The molecule has 2 atom stereocenters. The van der Waals surface area contributed by atoms with Gasteiger partial charge >= 0.3 is 5.69 Å². The summed E-state index contributed by atoms with van der Waals surface area (Å²) >= 11 is 0. The van der Waals surface area contributed by atoms with Gasteiger partial charge in [-0.1, -0.05) is 0 Å². The van der Waals surface area contributed by atoms with Gasteiger partial charge in [0.05, 0.1) is 25.5 Å². The minimum absolute atomic E-state index is 0.00692. The Kier molecular flexibility index (Phi) is 4.54. The lowest BCUT2D eigenvalue weighted by Gasteiger charge is -2.25. The number of nitrogen functional groups attached to an aromatic ring is 1. The molecule has 2 aromatic rings. The fourth-order valence-electron chi connectivity index (χ4n) is 4.12. The quantitative estimate of drug-likeness (QED) is 0.576. The van der Waals surface area contributed by atoms with E-state index in [-0.39, 0.29) is 35.4 Å². The van der Waals surface area contributed by atoms with Gasteiger partial charge < -0.3 is 26.3 Å². The molecule has 2 aromatic heterocycles. The van der Waals surface area contributed by atoms with Crippen LogP contribution in [0, 0.1) is 11.7 Å². The summed E-state index contributed by atoms with van der Waals surface area (Å²) in [5.74, 6) is 5.12. The van der Waals surface area contributed by atoms with Gasteiger partial charge in [-0.25, -0.2) is 9.18 Å². The van der Waals surface area contributed by atoms with E-state index in [4.69, 9.17) is 16.3 Å². The van der Waals surface area contributed by atoms with Gasteiger partial charge in [-0.3, -0.25) is 9.20 Å². The Labute approximate surface area is 159 Å². The number of hydrogen-bond donors (Lipinski definition) is 3. The average Bonchev–Trinajstić information content (AvgIpc) is 3.41. The van der Waals surface area contributed by atoms with Crippen LogP contribution in [0.3, 0.4) is 0 Å². The molecule has 0 aromatic carbocycles. The number of aromatic nitrogens is 2. The van der Waals surface area contributed by atoms with Gasteiger partial charge in [-0.2, -0.15) is 4.68 Å². The lowest BCUT2D eigenvalue weighted by atomic mass is 10.0. The van der Waals surface area contributed by atoms with Gasteiger partial charge in [-0.05, 0) is 31.1 Å². The molecule has 2 unspecified atom stereocenters. The van der Waals surface area contributed by atoms with Crippen molar-refractivity contribution in [3.8, 4) is 5.75 Å². The van der Waals surface area contributed by atoms with Crippen LogP contribution >= 0.6 is 0 Å². The second-order valence-corrected chi connectivity index (χ2v) is 7.56. The SMILES string of the molecule is COc1c(N2CCC(C(N)CO)C2)c(F)cn2c(=O)n(N)c(=O)c(C3CC3)c12. The van der Waals surface area contributed by atoms with E-state index in [1.807, 2.05) is 0 Å². The summed E-state index contributed by atoms with van der Waals surface area (Å²) in [5, 5.41) is 9.31. The van der Waals surface area contributed by atoms with E-state index in [0.717, 1.165) is 23.4 Å². The van der Waals surface area contributed by atoms with E-state index < -0.39 is 23.1 Å². The number of halogens is 1. The van der Waals surface area contributed by atoms with Crippen molar-refractivity contribution in [1.82, 2.24) is 9.08 Å². The highest BCUT2D eigenvalue weighted by atomic mass is 19.1. The molecule has 1 aliphatic heterocycles. The van der Waals surface area contributed by atoms with Crippen LogP contribution < -0.4 is 32.5 Å². The van der Waals surface area contributed by atoms with Crippen molar-refractivity contribution in [3.63, 3.8) is 0 Å². The predicted molar refractivity (Wildman–Crippen MR) is 102 cm³/mol. The zero-order chi connectivity index (χ0) is 20.2. The molecule has 0 amide bonds. The van der Waals surface area contributed by atoms with Gasteiger partial charge in [0.2, 0.25) is 0 Å². The molecule has 152 valence electrons. The standard InChI is InChI=1S/C18H24FN5O4/c1-28-16-14(22-5-4-10(6-22)12(20)8-25)11(19)7-23-15(16)13(9-2-3-9)17(26)24(21)18(23)27/h7,9-10,12,25H,2-6,8,20-21H2,1H3. The first-order valence-electron chi connectivity index (χ1n) is 9.33. The van der Waals surface area contributed by atoms with Crippen molar-refractivity contribution in [3.05, 3.63) is 38.4 Å². The molecule has 0 spiro atoms. The number of aliphatic hydroxyl groups excluding tert-OH is 1. The third-order valence-corrected chi connectivity index (χ3v) is 5.80. The molecular weight excluding hydrogens is 369 g/mol. The largest absolute Gasteiger partial charge is 0.492 e. The minimum Gasteiger partial charge on any atom is -0.492 e. The van der Waals surface area contributed by atoms with Crippen molar-refractivity contribution in [1.29, 1.82) is 0 Å². The first kappa shape index (κ1) is 18.8. The maximum absolute atomic E-state index is 15.1. The Morgan fingerprint density at radius 2 is 2.07 bits per heavy atom. The van der Waals surface area contributed by atoms with E-state index >= 15 is 4.39 Å². The van der Waals surface area contributed by atoms with Crippen LogP contribution in [-0.4, -0.2) is 47.0 Å². The van der Waals surface area contributed by atoms with Crippen LogP contribution in [0.25, 0.3) is 5.52 Å². The molecule has 1 saturated carbocycles. The summed E-state index contributed by atoms with van der Waals surface area (Å²) in [6.07, 6.45) is 3.36. The number of nitrogens with two attached hydrogens (primary N) is 2. The Hall–Kier alpha value is -2.59. The Morgan fingerprint density at radius 1 is 1.36 bits per heavy atom. The lowest BCUT2D eigenvalue weighted by molar-refractivity contribution is 0.233. The van der Waals surface area contributed by atoms with Crippen LogP contribution in [0.1, 0.15) is 30.7 Å². The van der Waals surface area contributed by atoms with Crippen LogP contribution in [-0.2, 0) is 0 Å². The maximum atomic E-state index is 15.1. The van der Waals surface area contributed by atoms with Crippen LogP contribution in [0.15, 0.2) is 15.8 Å². The summed E-state index contributed by atoms with van der Waals surface area (Å²) in [6, 6.07) is -0.395. The highest BCUT2D eigenvalue weighted by Crippen LogP contribution is 2.45. The Bertz CT molecular complexity index is 1050. The number of rotatable bonds is 5. The summed E-state index contributed by atoms with van der Waals surface area (Å²) in [4.78, 5) is 27.0. The number of methoxy groups -OCH3 is 1. The summed E-state index contributed by atoms with van der Waals surface area (Å²) < 4.78 is 22.2. The number of anilines is 1. The average molecular weight is 393 g/mol. The predicted octanol–water partition coefficient (Wildman–Crippen LogP) is -0.654. The van der Waals surface area contributed by atoms with Crippen molar-refractivity contribution in [2.75, 3.05) is 37.5 Å². The van der Waals surface area contributed by atoms with Gasteiger partial charge in [0.25, 0.3) is 5.56 Å². The normalized spacial score (nSPS) is 20.7. The number of fused-ring (bicyclic) bond motifs is 1. The van der Waals surface area contributed by atoms with E-state index in [1.54, 1.807) is 4.90 Å². The topological polar surface area (TPSA) is 128 Å². The summed E-state index contributed by atoms with van der Waals surface area (Å²) in [7, 11) is 1.39. The number of hydrogen-bond acceptors (Lipinski definition) is 7. The summed E-state index contributed by atoms with van der Waals surface area (Å²) in [6.45, 7) is 0.827. The van der Waals surface area contributed by atoms with Crippen LogP contribution in [0.5, 0.6) is 5.75 Å².